The Labute approximate surface area is 221 Å². The van der Waals surface area contributed by atoms with Gasteiger partial charge in [-0.1, -0.05) is 0 Å². The summed E-state index contributed by atoms with van der Waals surface area (Å²) in [7, 11) is 4.06. The van der Waals surface area contributed by atoms with Crippen LogP contribution in [0.2, 0.25) is 0 Å². The van der Waals surface area contributed by atoms with E-state index in [0.29, 0.717) is 21.1 Å². The maximum Gasteiger partial charge on any atom is 0.243 e. The minimum atomic E-state index is 0.402. The van der Waals surface area contributed by atoms with Gasteiger partial charge in [0.2, 0.25) is 18.3 Å². The van der Waals surface area contributed by atoms with Crippen molar-refractivity contribution >= 4 is 33.4 Å². The normalized spacial score (nSPS) is 11.1. The minimum absolute atomic E-state index is 0.402. The van der Waals surface area contributed by atoms with Crippen molar-refractivity contribution in [3.63, 3.8) is 0 Å². The molecule has 4 aromatic rings. The number of hydrogen-bond donors (Lipinski definition) is 0. The van der Waals surface area contributed by atoms with E-state index in [9.17, 15) is 5.26 Å². The Hall–Kier alpha value is -4.28. The number of nitriles is 1. The van der Waals surface area contributed by atoms with Gasteiger partial charge < -0.3 is 4.90 Å². The molecule has 3 aromatic heterocycles. The number of benzene rings is 1. The second-order valence-electron chi connectivity index (χ2n) is 9.18. The van der Waals surface area contributed by atoms with Crippen molar-refractivity contribution in [2.45, 2.75) is 33.9 Å². The maximum absolute atomic E-state index is 9.31. The highest BCUT2D eigenvalue weighted by Gasteiger charge is 2.17. The van der Waals surface area contributed by atoms with E-state index < -0.39 is 0 Å². The summed E-state index contributed by atoms with van der Waals surface area (Å²) in [6, 6.07) is 6.36. The van der Waals surface area contributed by atoms with Crippen LogP contribution >= 0.6 is 11.3 Å². The van der Waals surface area contributed by atoms with Crippen LogP contribution in [0.1, 0.15) is 21.6 Å². The molecule has 37 heavy (non-hydrogen) atoms. The van der Waals surface area contributed by atoms with Crippen molar-refractivity contribution in [3.05, 3.63) is 82.6 Å². The SMILES string of the molecule is [C-]#[N+]c1c(N=Nc2cc(C)c(N(CCn3cc[n+](C)c3)CCn3cc[n+](C)c3)cc2C)sc(C#N)c1C. The predicted molar refractivity (Wildman–Crippen MR) is 144 cm³/mol. The molecule has 9 nitrogen and oxygen atoms in total. The van der Waals surface area contributed by atoms with Gasteiger partial charge in [0.1, 0.15) is 48.9 Å². The Morgan fingerprint density at radius 1 is 1.00 bits per heavy atom. The average molecular weight is 514 g/mol. The van der Waals surface area contributed by atoms with Crippen LogP contribution in [0.4, 0.5) is 22.1 Å². The van der Waals surface area contributed by atoms with Crippen molar-refractivity contribution in [2.24, 2.45) is 24.3 Å². The van der Waals surface area contributed by atoms with Crippen LogP contribution in [0.3, 0.4) is 0 Å². The van der Waals surface area contributed by atoms with Gasteiger partial charge in [-0.05, 0) is 49.6 Å². The van der Waals surface area contributed by atoms with E-state index in [1.54, 1.807) is 6.92 Å². The van der Waals surface area contributed by atoms with Gasteiger partial charge in [0.05, 0.1) is 44.3 Å². The van der Waals surface area contributed by atoms with E-state index in [2.05, 4.69) is 79.3 Å². The lowest BCUT2D eigenvalue weighted by Crippen LogP contribution is -2.32. The van der Waals surface area contributed by atoms with Crippen LogP contribution in [0.5, 0.6) is 0 Å². The van der Waals surface area contributed by atoms with Crippen molar-refractivity contribution in [1.82, 2.24) is 9.13 Å². The lowest BCUT2D eigenvalue weighted by atomic mass is 10.1. The summed E-state index contributed by atoms with van der Waals surface area (Å²) in [6.45, 7) is 16.8. The Kier molecular flexibility index (Phi) is 7.80. The van der Waals surface area contributed by atoms with Crippen LogP contribution < -0.4 is 14.0 Å². The van der Waals surface area contributed by atoms with Gasteiger partial charge in [-0.2, -0.15) is 15.5 Å². The molecule has 0 N–H and O–H groups in total. The number of hydrogen-bond acceptors (Lipinski definition) is 5. The second-order valence-corrected chi connectivity index (χ2v) is 10.2. The molecule has 0 bridgehead atoms. The highest BCUT2D eigenvalue weighted by atomic mass is 32.1. The molecular formula is C27H31N9S+2. The molecule has 0 aliphatic carbocycles. The summed E-state index contributed by atoms with van der Waals surface area (Å²) in [5.74, 6) is 0. The smallest absolute Gasteiger partial charge is 0.243 e. The number of aromatic nitrogens is 4. The first kappa shape index (κ1) is 25.8. The van der Waals surface area contributed by atoms with Crippen LogP contribution in [-0.4, -0.2) is 22.2 Å². The Balaban J connectivity index is 1.60. The van der Waals surface area contributed by atoms with Gasteiger partial charge in [0, 0.05) is 5.69 Å². The van der Waals surface area contributed by atoms with Gasteiger partial charge in [-0.25, -0.2) is 23.1 Å². The summed E-state index contributed by atoms with van der Waals surface area (Å²) in [6.07, 6.45) is 12.5. The highest BCUT2D eigenvalue weighted by molar-refractivity contribution is 7.17. The molecule has 0 atom stereocenters. The van der Waals surface area contributed by atoms with Gasteiger partial charge in [0.15, 0.2) is 0 Å². The number of nitrogens with zero attached hydrogens (tertiary/aromatic N) is 9. The van der Waals surface area contributed by atoms with Gasteiger partial charge in [-0.3, -0.25) is 0 Å². The fourth-order valence-electron chi connectivity index (χ4n) is 4.22. The average Bonchev–Trinajstić information content (AvgIpc) is 3.57. The minimum Gasteiger partial charge on any atom is -0.363 e. The summed E-state index contributed by atoms with van der Waals surface area (Å²) < 4.78 is 8.49. The van der Waals surface area contributed by atoms with Crippen molar-refractivity contribution < 1.29 is 9.13 Å². The maximum atomic E-state index is 9.31. The summed E-state index contributed by atoms with van der Waals surface area (Å²) in [4.78, 5) is 6.49. The number of rotatable bonds is 9. The lowest BCUT2D eigenvalue weighted by molar-refractivity contribution is -0.671. The first-order valence-corrected chi connectivity index (χ1v) is 12.8. The predicted octanol–water partition coefficient (Wildman–Crippen LogP) is 4.97. The largest absolute Gasteiger partial charge is 0.363 e. The summed E-state index contributed by atoms with van der Waals surface area (Å²) >= 11 is 1.21. The van der Waals surface area contributed by atoms with Crippen molar-refractivity contribution in [2.75, 3.05) is 18.0 Å². The third-order valence-electron chi connectivity index (χ3n) is 6.32. The zero-order chi connectivity index (χ0) is 26.5. The lowest BCUT2D eigenvalue weighted by Gasteiger charge is -2.26. The third kappa shape index (κ3) is 5.93. The first-order valence-electron chi connectivity index (χ1n) is 12.0. The summed E-state index contributed by atoms with van der Waals surface area (Å²) in [5, 5.41) is 18.6. The van der Waals surface area contributed by atoms with E-state index in [0.717, 1.165) is 43.0 Å². The van der Waals surface area contributed by atoms with E-state index in [1.807, 2.05) is 42.5 Å². The molecular weight excluding hydrogens is 482 g/mol. The number of imidazole rings is 2. The molecule has 1 aromatic carbocycles. The van der Waals surface area contributed by atoms with Gasteiger partial charge >= 0.3 is 0 Å². The fraction of sp³-hybridized carbons (Fsp3) is 0.333. The molecule has 0 saturated heterocycles. The fourth-order valence-corrected chi connectivity index (χ4v) is 5.09. The molecule has 0 aliphatic heterocycles. The van der Waals surface area contributed by atoms with Crippen LogP contribution in [0, 0.1) is 38.7 Å². The zero-order valence-electron chi connectivity index (χ0n) is 21.9. The van der Waals surface area contributed by atoms with E-state index >= 15 is 0 Å². The van der Waals surface area contributed by atoms with Crippen molar-refractivity contribution in [1.29, 1.82) is 5.26 Å². The Morgan fingerprint density at radius 2 is 1.62 bits per heavy atom. The zero-order valence-corrected chi connectivity index (χ0v) is 22.7. The summed E-state index contributed by atoms with van der Waals surface area (Å²) in [5.41, 5.74) is 5.12. The Morgan fingerprint density at radius 3 is 2.14 bits per heavy atom. The first-order chi connectivity index (χ1) is 17.8. The molecule has 4 rings (SSSR count). The molecule has 3 heterocycles. The van der Waals surface area contributed by atoms with Gasteiger partial charge in [0.25, 0.3) is 0 Å². The molecule has 0 saturated carbocycles. The highest BCUT2D eigenvalue weighted by Crippen LogP contribution is 2.42. The van der Waals surface area contributed by atoms with Crippen molar-refractivity contribution in [3.8, 4) is 6.07 Å². The molecule has 0 fully saturated rings. The number of thiophene rings is 1. The van der Waals surface area contributed by atoms with Crippen LogP contribution in [0.25, 0.3) is 4.85 Å². The van der Waals surface area contributed by atoms with Crippen LogP contribution in [0.15, 0.2) is 59.8 Å². The number of azo groups is 1. The Bertz CT molecular complexity index is 1480. The molecule has 0 spiro atoms. The molecule has 0 radical (unpaired) electrons. The molecule has 10 heteroatoms. The quantitative estimate of drug-likeness (QED) is 0.180. The molecule has 0 amide bonds. The third-order valence-corrected chi connectivity index (χ3v) is 7.39. The number of aryl methyl sites for hydroxylation is 4. The number of anilines is 1. The van der Waals surface area contributed by atoms with E-state index in [-0.39, 0.29) is 0 Å². The molecule has 188 valence electrons. The molecule has 0 aliphatic rings. The van der Waals surface area contributed by atoms with E-state index in [1.165, 1.54) is 17.0 Å². The van der Waals surface area contributed by atoms with Gasteiger partial charge in [-0.15, -0.1) is 11.3 Å². The molecule has 0 unspecified atom stereocenters. The monoisotopic (exact) mass is 513 g/mol. The topological polar surface area (TPSA) is 73.7 Å². The second kappa shape index (κ2) is 11.2. The van der Waals surface area contributed by atoms with E-state index in [4.69, 9.17) is 6.57 Å². The van der Waals surface area contributed by atoms with Crippen LogP contribution in [-0.2, 0) is 27.2 Å². The standard InChI is InChI=1S/C27H31N9S/c1-20-16-24(21(2)15-23(20)30-31-27-26(29-4)22(3)25(17-28)37-27)36(13-11-34-9-7-32(5)18-34)14-12-35-10-8-33(6)19-35/h7-10,15-16,18-19H,11-14H2,1-3,5-6H3/q+2.